The van der Waals surface area contributed by atoms with Gasteiger partial charge in [0.25, 0.3) is 5.91 Å². The second-order valence-electron chi connectivity index (χ2n) is 6.99. The Hall–Kier alpha value is -2.04. The molecule has 2 fully saturated rings. The average molecular weight is 312 g/mol. The lowest BCUT2D eigenvalue weighted by Crippen LogP contribution is -2.30. The van der Waals surface area contributed by atoms with Crippen LogP contribution in [-0.2, 0) is 7.05 Å². The highest BCUT2D eigenvalue weighted by Crippen LogP contribution is 2.39. The van der Waals surface area contributed by atoms with E-state index in [-0.39, 0.29) is 11.9 Å². The molecule has 0 aromatic carbocycles. The van der Waals surface area contributed by atoms with Crippen LogP contribution in [0.25, 0.3) is 0 Å². The molecule has 1 amide bonds. The van der Waals surface area contributed by atoms with E-state index in [0.29, 0.717) is 6.04 Å². The molecule has 2 aliphatic rings. The summed E-state index contributed by atoms with van der Waals surface area (Å²) >= 11 is 0. The molecule has 122 valence electrons. The summed E-state index contributed by atoms with van der Waals surface area (Å²) in [5.74, 6) is 0.177. The Morgan fingerprint density at radius 1 is 1.26 bits per heavy atom. The molecule has 5 heteroatoms. The number of carbonyl (C=O) groups excluding carboxylic acids is 1. The van der Waals surface area contributed by atoms with E-state index in [1.54, 1.807) is 0 Å². The van der Waals surface area contributed by atoms with Crippen LogP contribution >= 0.6 is 0 Å². The van der Waals surface area contributed by atoms with Crippen LogP contribution in [0.3, 0.4) is 0 Å². The number of aromatic nitrogens is 3. The van der Waals surface area contributed by atoms with E-state index >= 15 is 0 Å². The molecule has 2 aromatic heterocycles. The number of rotatable bonds is 3. The second kappa shape index (κ2) is 5.25. The van der Waals surface area contributed by atoms with Crippen molar-refractivity contribution in [3.63, 3.8) is 0 Å². The molecule has 0 unspecified atom stereocenters. The molecular weight excluding hydrogens is 288 g/mol. The first-order valence-corrected chi connectivity index (χ1v) is 8.54. The van der Waals surface area contributed by atoms with Crippen molar-refractivity contribution in [3.05, 3.63) is 41.0 Å². The number of nitrogens with zero attached hydrogens (tertiary/aromatic N) is 4. The third-order valence-electron chi connectivity index (χ3n) is 5.25. The van der Waals surface area contributed by atoms with Crippen LogP contribution in [0.2, 0.25) is 0 Å². The van der Waals surface area contributed by atoms with Gasteiger partial charge in [0.15, 0.2) is 0 Å². The molecule has 0 N–H and O–H groups in total. The number of likely N-dealkylation sites (tertiary alicyclic amines) is 1. The zero-order valence-electron chi connectivity index (χ0n) is 14.1. The molecular formula is C18H24N4O. The highest BCUT2D eigenvalue weighted by atomic mass is 16.2. The first-order valence-electron chi connectivity index (χ1n) is 8.54. The van der Waals surface area contributed by atoms with Gasteiger partial charge >= 0.3 is 0 Å². The number of hydrogen-bond acceptors (Lipinski definition) is 2. The van der Waals surface area contributed by atoms with Gasteiger partial charge in [-0.2, -0.15) is 5.10 Å². The standard InChI is InChI=1S/C18H24N4O/c1-12-9-16(13(2)22(12)15-6-7-15)18(23)21-8-4-5-17(21)14-10-19-20(3)11-14/h9-11,15,17H,4-8H2,1-3H3/t17-/m0/s1. The van der Waals surface area contributed by atoms with Crippen molar-refractivity contribution < 1.29 is 4.79 Å². The Balaban J connectivity index is 1.64. The predicted molar refractivity (Wildman–Crippen MR) is 88.4 cm³/mol. The van der Waals surface area contributed by atoms with Crippen LogP contribution in [0, 0.1) is 13.8 Å². The molecule has 3 heterocycles. The van der Waals surface area contributed by atoms with E-state index in [0.717, 1.165) is 36.2 Å². The summed E-state index contributed by atoms with van der Waals surface area (Å²) in [6.07, 6.45) is 8.50. The van der Waals surface area contributed by atoms with Crippen LogP contribution in [0.5, 0.6) is 0 Å². The van der Waals surface area contributed by atoms with Crippen LogP contribution in [-0.4, -0.2) is 31.7 Å². The number of aryl methyl sites for hydroxylation is 2. The van der Waals surface area contributed by atoms with Crippen molar-refractivity contribution in [1.29, 1.82) is 0 Å². The number of carbonyl (C=O) groups is 1. The topological polar surface area (TPSA) is 43.1 Å². The SMILES string of the molecule is Cc1cc(C(=O)N2CCC[C@H]2c2cnn(C)c2)c(C)n1C1CC1. The molecule has 1 aliphatic carbocycles. The van der Waals surface area contributed by atoms with Gasteiger partial charge in [-0.15, -0.1) is 0 Å². The normalized spacial score (nSPS) is 21.2. The van der Waals surface area contributed by atoms with Gasteiger partial charge in [-0.05, 0) is 45.6 Å². The molecule has 1 aliphatic heterocycles. The molecule has 1 atom stereocenters. The van der Waals surface area contributed by atoms with E-state index in [1.807, 2.05) is 29.0 Å². The van der Waals surface area contributed by atoms with E-state index in [4.69, 9.17) is 0 Å². The second-order valence-corrected chi connectivity index (χ2v) is 6.99. The van der Waals surface area contributed by atoms with E-state index in [9.17, 15) is 4.79 Å². The summed E-state index contributed by atoms with van der Waals surface area (Å²) in [5, 5.41) is 4.27. The largest absolute Gasteiger partial charge is 0.345 e. The first kappa shape index (κ1) is 14.5. The summed E-state index contributed by atoms with van der Waals surface area (Å²) in [6.45, 7) is 5.05. The van der Waals surface area contributed by atoms with Gasteiger partial charge in [0, 0.05) is 42.8 Å². The van der Waals surface area contributed by atoms with E-state index in [1.165, 1.54) is 18.5 Å². The zero-order valence-corrected chi connectivity index (χ0v) is 14.1. The van der Waals surface area contributed by atoms with E-state index in [2.05, 4.69) is 29.6 Å². The third kappa shape index (κ3) is 2.38. The van der Waals surface area contributed by atoms with Gasteiger partial charge in [0.05, 0.1) is 17.8 Å². The molecule has 1 saturated carbocycles. The first-order chi connectivity index (χ1) is 11.1. The van der Waals surface area contributed by atoms with Gasteiger partial charge in [-0.25, -0.2) is 0 Å². The highest BCUT2D eigenvalue weighted by molar-refractivity contribution is 5.96. The van der Waals surface area contributed by atoms with Gasteiger partial charge in [-0.1, -0.05) is 0 Å². The summed E-state index contributed by atoms with van der Waals surface area (Å²) in [6, 6.07) is 2.86. The summed E-state index contributed by atoms with van der Waals surface area (Å²) < 4.78 is 4.16. The minimum atomic E-state index is 0.167. The van der Waals surface area contributed by atoms with Gasteiger partial charge in [0.1, 0.15) is 0 Å². The molecule has 0 bridgehead atoms. The average Bonchev–Trinajstić information content (AvgIpc) is 2.96. The van der Waals surface area contributed by atoms with Crippen molar-refractivity contribution in [1.82, 2.24) is 19.2 Å². The molecule has 4 rings (SSSR count). The van der Waals surface area contributed by atoms with Crippen molar-refractivity contribution in [2.75, 3.05) is 6.54 Å². The molecule has 0 spiro atoms. The van der Waals surface area contributed by atoms with Gasteiger partial charge in [0.2, 0.25) is 0 Å². The summed E-state index contributed by atoms with van der Waals surface area (Å²) in [4.78, 5) is 15.2. The van der Waals surface area contributed by atoms with Crippen molar-refractivity contribution >= 4 is 5.91 Å². The van der Waals surface area contributed by atoms with Crippen LogP contribution < -0.4 is 0 Å². The maximum Gasteiger partial charge on any atom is 0.256 e. The van der Waals surface area contributed by atoms with Crippen molar-refractivity contribution in [3.8, 4) is 0 Å². The molecule has 23 heavy (non-hydrogen) atoms. The van der Waals surface area contributed by atoms with Gasteiger partial charge in [-0.3, -0.25) is 9.48 Å². The van der Waals surface area contributed by atoms with Crippen LogP contribution in [0.1, 0.15) is 65.1 Å². The van der Waals surface area contributed by atoms with Crippen molar-refractivity contribution in [2.45, 2.75) is 51.6 Å². The Bertz CT molecular complexity index is 753. The Labute approximate surface area is 136 Å². The maximum atomic E-state index is 13.2. The fourth-order valence-corrected chi connectivity index (χ4v) is 4.01. The lowest BCUT2D eigenvalue weighted by atomic mass is 10.1. The van der Waals surface area contributed by atoms with Crippen LogP contribution in [0.15, 0.2) is 18.5 Å². The Morgan fingerprint density at radius 2 is 2.04 bits per heavy atom. The third-order valence-corrected chi connectivity index (χ3v) is 5.25. The molecule has 2 aromatic rings. The quantitative estimate of drug-likeness (QED) is 0.874. The Kier molecular flexibility index (Phi) is 3.32. The zero-order chi connectivity index (χ0) is 16.1. The van der Waals surface area contributed by atoms with Crippen LogP contribution in [0.4, 0.5) is 0 Å². The fraction of sp³-hybridized carbons (Fsp3) is 0.556. The minimum absolute atomic E-state index is 0.167. The maximum absolute atomic E-state index is 13.2. The fourth-order valence-electron chi connectivity index (χ4n) is 4.01. The molecule has 0 radical (unpaired) electrons. The lowest BCUT2D eigenvalue weighted by molar-refractivity contribution is 0.0734. The predicted octanol–water partition coefficient (Wildman–Crippen LogP) is 3.15. The number of hydrogen-bond donors (Lipinski definition) is 0. The summed E-state index contributed by atoms with van der Waals surface area (Å²) in [5.41, 5.74) is 4.37. The highest BCUT2D eigenvalue weighted by Gasteiger charge is 2.34. The molecule has 1 saturated heterocycles. The van der Waals surface area contributed by atoms with Crippen molar-refractivity contribution in [2.24, 2.45) is 7.05 Å². The Morgan fingerprint density at radius 3 is 2.70 bits per heavy atom. The monoisotopic (exact) mass is 312 g/mol. The summed E-state index contributed by atoms with van der Waals surface area (Å²) in [7, 11) is 1.92. The smallest absolute Gasteiger partial charge is 0.256 e. The molecule has 5 nitrogen and oxygen atoms in total. The lowest BCUT2D eigenvalue weighted by Gasteiger charge is -2.24. The minimum Gasteiger partial charge on any atom is -0.345 e. The van der Waals surface area contributed by atoms with Gasteiger partial charge < -0.3 is 9.47 Å². The van der Waals surface area contributed by atoms with E-state index < -0.39 is 0 Å². The number of amides is 1.